The Hall–Kier alpha value is -1.65. The minimum Gasteiger partial charge on any atom is -0.331 e. The van der Waals surface area contributed by atoms with E-state index in [1.807, 2.05) is 12.1 Å². The molecule has 0 unspecified atom stereocenters. The van der Waals surface area contributed by atoms with Crippen molar-refractivity contribution in [1.82, 2.24) is 9.55 Å². The fraction of sp³-hybridized carbons (Fsp3) is 0.188. The Kier molecular flexibility index (Phi) is 3.59. The topological polar surface area (TPSA) is 43.8 Å². The predicted molar refractivity (Wildman–Crippen MR) is 85.6 cm³/mol. The zero-order chi connectivity index (χ0) is 14.1. The van der Waals surface area contributed by atoms with Crippen molar-refractivity contribution in [2.24, 2.45) is 12.8 Å². The molecule has 0 atom stereocenters. The fourth-order valence-corrected chi connectivity index (χ4v) is 2.62. The molecule has 0 amide bonds. The lowest BCUT2D eigenvalue weighted by Gasteiger charge is -2.03. The van der Waals surface area contributed by atoms with Crippen molar-refractivity contribution in [2.75, 3.05) is 0 Å². The molecular weight excluding hydrogens is 314 g/mol. The van der Waals surface area contributed by atoms with Crippen molar-refractivity contribution >= 4 is 27.0 Å². The molecule has 0 aliphatic rings. The monoisotopic (exact) mass is 329 g/mol. The first-order chi connectivity index (χ1) is 9.67. The van der Waals surface area contributed by atoms with Gasteiger partial charge in [0.15, 0.2) is 0 Å². The Morgan fingerprint density at radius 3 is 2.50 bits per heavy atom. The highest BCUT2D eigenvalue weighted by atomic mass is 79.9. The van der Waals surface area contributed by atoms with Crippen molar-refractivity contribution < 1.29 is 0 Å². The third kappa shape index (κ3) is 2.49. The zero-order valence-corrected chi connectivity index (χ0v) is 12.9. The molecule has 4 heteroatoms. The molecule has 3 aromatic rings. The average molecular weight is 330 g/mol. The molecule has 2 aromatic carbocycles. The molecule has 20 heavy (non-hydrogen) atoms. The quantitative estimate of drug-likeness (QED) is 0.800. The van der Waals surface area contributed by atoms with Gasteiger partial charge in [-0.2, -0.15) is 0 Å². The predicted octanol–water partition coefficient (Wildman–Crippen LogP) is 3.39. The van der Waals surface area contributed by atoms with Crippen LogP contribution in [0.25, 0.3) is 11.0 Å². The van der Waals surface area contributed by atoms with E-state index in [4.69, 9.17) is 10.7 Å². The van der Waals surface area contributed by atoms with Crippen LogP contribution in [0.15, 0.2) is 46.9 Å². The molecule has 3 rings (SSSR count). The maximum Gasteiger partial charge on any atom is 0.114 e. The summed E-state index contributed by atoms with van der Waals surface area (Å²) in [5, 5.41) is 0. The lowest BCUT2D eigenvalue weighted by atomic mass is 10.1. The standard InChI is InChI=1S/C16H16BrN3/c1-20-15-8-12(10-18)4-7-14(15)19-16(20)9-11-2-5-13(17)6-3-11/h2-8H,9-10,18H2,1H3. The van der Waals surface area contributed by atoms with Crippen molar-refractivity contribution in [1.29, 1.82) is 0 Å². The Labute approximate surface area is 126 Å². The summed E-state index contributed by atoms with van der Waals surface area (Å²) in [7, 11) is 2.06. The van der Waals surface area contributed by atoms with Crippen LogP contribution in [0.2, 0.25) is 0 Å². The minimum atomic E-state index is 0.559. The second-order valence-corrected chi connectivity index (χ2v) is 5.83. The minimum absolute atomic E-state index is 0.559. The van der Waals surface area contributed by atoms with Crippen LogP contribution in [0.4, 0.5) is 0 Å². The van der Waals surface area contributed by atoms with Crippen LogP contribution >= 0.6 is 15.9 Å². The van der Waals surface area contributed by atoms with E-state index in [0.717, 1.165) is 33.3 Å². The highest BCUT2D eigenvalue weighted by Crippen LogP contribution is 2.19. The van der Waals surface area contributed by atoms with Crippen LogP contribution in [0.5, 0.6) is 0 Å². The van der Waals surface area contributed by atoms with Gasteiger partial charge in [0.25, 0.3) is 0 Å². The van der Waals surface area contributed by atoms with Gasteiger partial charge in [-0.25, -0.2) is 4.98 Å². The molecule has 1 heterocycles. The van der Waals surface area contributed by atoms with Crippen LogP contribution in [0.3, 0.4) is 0 Å². The number of hydrogen-bond donors (Lipinski definition) is 1. The molecule has 0 saturated carbocycles. The second-order valence-electron chi connectivity index (χ2n) is 4.92. The molecule has 0 radical (unpaired) electrons. The SMILES string of the molecule is Cn1c(Cc2ccc(Br)cc2)nc2ccc(CN)cc21. The van der Waals surface area contributed by atoms with E-state index >= 15 is 0 Å². The first-order valence-corrected chi connectivity index (χ1v) is 7.35. The summed E-state index contributed by atoms with van der Waals surface area (Å²) < 4.78 is 3.25. The first-order valence-electron chi connectivity index (χ1n) is 6.56. The maximum atomic E-state index is 5.70. The number of nitrogens with two attached hydrogens (primary N) is 1. The van der Waals surface area contributed by atoms with E-state index in [1.54, 1.807) is 0 Å². The van der Waals surface area contributed by atoms with Crippen LogP contribution < -0.4 is 5.73 Å². The van der Waals surface area contributed by atoms with Gasteiger partial charge in [-0.1, -0.05) is 34.1 Å². The molecule has 0 fully saturated rings. The Morgan fingerprint density at radius 2 is 1.80 bits per heavy atom. The van der Waals surface area contributed by atoms with E-state index in [9.17, 15) is 0 Å². The van der Waals surface area contributed by atoms with Gasteiger partial charge < -0.3 is 10.3 Å². The van der Waals surface area contributed by atoms with E-state index in [1.165, 1.54) is 5.56 Å². The van der Waals surface area contributed by atoms with Crippen LogP contribution in [0.1, 0.15) is 17.0 Å². The number of halogens is 1. The molecule has 102 valence electrons. The number of fused-ring (bicyclic) bond motifs is 1. The van der Waals surface area contributed by atoms with Gasteiger partial charge in [0.1, 0.15) is 5.82 Å². The zero-order valence-electron chi connectivity index (χ0n) is 11.3. The van der Waals surface area contributed by atoms with E-state index in [2.05, 4.69) is 57.9 Å². The summed E-state index contributed by atoms with van der Waals surface area (Å²) in [6.07, 6.45) is 0.830. The summed E-state index contributed by atoms with van der Waals surface area (Å²) in [5.41, 5.74) is 10.3. The number of hydrogen-bond acceptors (Lipinski definition) is 2. The molecule has 0 aliphatic heterocycles. The molecule has 1 aromatic heterocycles. The van der Waals surface area contributed by atoms with Gasteiger partial charge >= 0.3 is 0 Å². The van der Waals surface area contributed by atoms with Crippen molar-refractivity contribution in [2.45, 2.75) is 13.0 Å². The second kappa shape index (κ2) is 5.38. The van der Waals surface area contributed by atoms with Gasteiger partial charge in [-0.15, -0.1) is 0 Å². The molecule has 0 spiro atoms. The van der Waals surface area contributed by atoms with Gasteiger partial charge in [-0.3, -0.25) is 0 Å². The third-order valence-corrected chi connectivity index (χ3v) is 4.08. The van der Waals surface area contributed by atoms with Gasteiger partial charge in [0.2, 0.25) is 0 Å². The van der Waals surface area contributed by atoms with Gasteiger partial charge in [-0.05, 0) is 35.4 Å². The van der Waals surface area contributed by atoms with Crippen LogP contribution in [0, 0.1) is 0 Å². The highest BCUT2D eigenvalue weighted by Gasteiger charge is 2.08. The maximum absolute atomic E-state index is 5.70. The fourth-order valence-electron chi connectivity index (χ4n) is 2.36. The van der Waals surface area contributed by atoms with Crippen LogP contribution in [-0.2, 0) is 20.0 Å². The lowest BCUT2D eigenvalue weighted by molar-refractivity contribution is 0.844. The highest BCUT2D eigenvalue weighted by molar-refractivity contribution is 9.10. The molecule has 3 nitrogen and oxygen atoms in total. The van der Waals surface area contributed by atoms with Crippen molar-refractivity contribution in [3.63, 3.8) is 0 Å². The third-order valence-electron chi connectivity index (χ3n) is 3.55. The Bertz CT molecular complexity index is 744. The smallest absolute Gasteiger partial charge is 0.114 e. The largest absolute Gasteiger partial charge is 0.331 e. The normalized spacial score (nSPS) is 11.2. The molecule has 2 N–H and O–H groups in total. The number of rotatable bonds is 3. The molecule has 0 saturated heterocycles. The molecular formula is C16H16BrN3. The molecule has 0 aliphatic carbocycles. The lowest BCUT2D eigenvalue weighted by Crippen LogP contribution is -2.00. The number of benzene rings is 2. The van der Waals surface area contributed by atoms with E-state index in [0.29, 0.717) is 6.54 Å². The Balaban J connectivity index is 1.99. The number of nitrogens with zero attached hydrogens (tertiary/aromatic N) is 2. The van der Waals surface area contributed by atoms with Gasteiger partial charge in [0.05, 0.1) is 11.0 Å². The van der Waals surface area contributed by atoms with Crippen molar-refractivity contribution in [3.8, 4) is 0 Å². The van der Waals surface area contributed by atoms with Gasteiger partial charge in [0, 0.05) is 24.5 Å². The van der Waals surface area contributed by atoms with E-state index < -0.39 is 0 Å². The summed E-state index contributed by atoms with van der Waals surface area (Å²) in [4.78, 5) is 4.72. The number of aryl methyl sites for hydroxylation is 1. The summed E-state index contributed by atoms with van der Waals surface area (Å²) in [5.74, 6) is 1.07. The first kappa shape index (κ1) is 13.3. The summed E-state index contributed by atoms with van der Waals surface area (Å²) >= 11 is 3.46. The number of imidazole rings is 1. The Morgan fingerprint density at radius 1 is 1.10 bits per heavy atom. The van der Waals surface area contributed by atoms with Crippen molar-refractivity contribution in [3.05, 3.63) is 63.9 Å². The summed E-state index contributed by atoms with van der Waals surface area (Å²) in [6.45, 7) is 0.559. The summed E-state index contributed by atoms with van der Waals surface area (Å²) in [6, 6.07) is 14.6. The van der Waals surface area contributed by atoms with E-state index in [-0.39, 0.29) is 0 Å². The number of aromatic nitrogens is 2. The van der Waals surface area contributed by atoms with Crippen LogP contribution in [-0.4, -0.2) is 9.55 Å². The molecule has 0 bridgehead atoms. The average Bonchev–Trinajstić information content (AvgIpc) is 2.77.